The van der Waals surface area contributed by atoms with E-state index in [1.807, 2.05) is 42.5 Å². The summed E-state index contributed by atoms with van der Waals surface area (Å²) < 4.78 is 5.41. The third-order valence-electron chi connectivity index (χ3n) is 4.31. The molecule has 4 rings (SSSR count). The van der Waals surface area contributed by atoms with Crippen LogP contribution in [0.15, 0.2) is 59.3 Å². The van der Waals surface area contributed by atoms with Gasteiger partial charge in [0.25, 0.3) is 5.91 Å². The molecule has 0 bridgehead atoms. The van der Waals surface area contributed by atoms with Crippen molar-refractivity contribution in [3.05, 3.63) is 66.2 Å². The summed E-state index contributed by atoms with van der Waals surface area (Å²) in [5.41, 5.74) is 3.50. The van der Waals surface area contributed by atoms with Crippen LogP contribution in [0.3, 0.4) is 0 Å². The molecule has 0 aliphatic carbocycles. The molecule has 0 saturated carbocycles. The van der Waals surface area contributed by atoms with E-state index in [-0.39, 0.29) is 17.5 Å². The minimum Gasteiger partial charge on any atom is -0.443 e. The predicted molar refractivity (Wildman–Crippen MR) is 97.9 cm³/mol. The number of rotatable bonds is 3. The number of amides is 2. The predicted octanol–water partition coefficient (Wildman–Crippen LogP) is 3.87. The standard InChI is InChI=1S/C20H17N3O3/c24-17-8-4-7-14-11-15(9-10-16(14)23-17)22-20(25)18-19(26-12-21-18)13-5-2-1-3-6-13/h1-3,5-6,9-12H,4,7-8H2,(H,22,25)(H,23,24). The Morgan fingerprint density at radius 3 is 2.81 bits per heavy atom. The Morgan fingerprint density at radius 2 is 1.96 bits per heavy atom. The molecule has 0 radical (unpaired) electrons. The molecular weight excluding hydrogens is 330 g/mol. The van der Waals surface area contributed by atoms with Gasteiger partial charge in [0.15, 0.2) is 17.8 Å². The normalized spacial score (nSPS) is 13.5. The molecule has 0 fully saturated rings. The van der Waals surface area contributed by atoms with Crippen LogP contribution in [-0.2, 0) is 11.2 Å². The van der Waals surface area contributed by atoms with Crippen LogP contribution < -0.4 is 10.6 Å². The van der Waals surface area contributed by atoms with Gasteiger partial charge in [0.05, 0.1) is 0 Å². The second-order valence-electron chi connectivity index (χ2n) is 6.12. The van der Waals surface area contributed by atoms with Gasteiger partial charge < -0.3 is 15.1 Å². The van der Waals surface area contributed by atoms with Crippen LogP contribution >= 0.6 is 0 Å². The van der Waals surface area contributed by atoms with E-state index in [9.17, 15) is 9.59 Å². The van der Waals surface area contributed by atoms with Gasteiger partial charge in [0.2, 0.25) is 5.91 Å². The van der Waals surface area contributed by atoms with E-state index in [0.29, 0.717) is 17.9 Å². The number of nitrogens with one attached hydrogen (secondary N) is 2. The van der Waals surface area contributed by atoms with Crippen LogP contribution in [0.5, 0.6) is 0 Å². The average Bonchev–Trinajstić information content (AvgIpc) is 3.07. The zero-order valence-corrected chi connectivity index (χ0v) is 14.0. The number of carbonyl (C=O) groups excluding carboxylic acids is 2. The number of fused-ring (bicyclic) bond motifs is 1. The summed E-state index contributed by atoms with van der Waals surface area (Å²) in [7, 11) is 0. The van der Waals surface area contributed by atoms with Crippen LogP contribution in [0.1, 0.15) is 28.9 Å². The Balaban J connectivity index is 1.57. The molecule has 1 aliphatic heterocycles. The summed E-state index contributed by atoms with van der Waals surface area (Å²) >= 11 is 0. The van der Waals surface area contributed by atoms with Crippen LogP contribution in [0.2, 0.25) is 0 Å². The number of nitrogens with zero attached hydrogens (tertiary/aromatic N) is 1. The van der Waals surface area contributed by atoms with Crippen molar-refractivity contribution in [3.63, 3.8) is 0 Å². The number of carbonyl (C=O) groups is 2. The molecule has 2 amide bonds. The highest BCUT2D eigenvalue weighted by Gasteiger charge is 2.19. The van der Waals surface area contributed by atoms with E-state index in [1.54, 1.807) is 6.07 Å². The summed E-state index contributed by atoms with van der Waals surface area (Å²) in [5.74, 6) is 0.121. The minimum atomic E-state index is -0.338. The molecule has 6 heteroatoms. The Bertz CT molecular complexity index is 963. The summed E-state index contributed by atoms with van der Waals surface area (Å²) in [6, 6.07) is 14.8. The Morgan fingerprint density at radius 1 is 1.12 bits per heavy atom. The highest BCUT2D eigenvalue weighted by molar-refractivity contribution is 6.06. The maximum atomic E-state index is 12.7. The molecule has 2 N–H and O–H groups in total. The minimum absolute atomic E-state index is 0.0237. The van der Waals surface area contributed by atoms with Crippen molar-refractivity contribution in [2.24, 2.45) is 0 Å². The zero-order valence-electron chi connectivity index (χ0n) is 14.0. The fourth-order valence-corrected chi connectivity index (χ4v) is 3.04. The number of aryl methyl sites for hydroxylation is 1. The number of hydrogen-bond donors (Lipinski definition) is 2. The molecule has 1 aliphatic rings. The Kier molecular flexibility index (Phi) is 4.23. The van der Waals surface area contributed by atoms with Gasteiger partial charge in [0.1, 0.15) is 0 Å². The first-order valence-electron chi connectivity index (χ1n) is 8.44. The molecule has 2 heterocycles. The van der Waals surface area contributed by atoms with E-state index >= 15 is 0 Å². The molecule has 0 saturated heterocycles. The first kappa shape index (κ1) is 16.1. The number of aromatic nitrogens is 1. The number of anilines is 2. The van der Waals surface area contributed by atoms with Gasteiger partial charge in [-0.1, -0.05) is 30.3 Å². The van der Waals surface area contributed by atoms with Crippen molar-refractivity contribution in [2.75, 3.05) is 10.6 Å². The molecule has 26 heavy (non-hydrogen) atoms. The van der Waals surface area contributed by atoms with Crippen molar-refractivity contribution < 1.29 is 14.0 Å². The van der Waals surface area contributed by atoms with Gasteiger partial charge in [-0.25, -0.2) is 4.98 Å². The number of hydrogen-bond acceptors (Lipinski definition) is 4. The van der Waals surface area contributed by atoms with E-state index in [4.69, 9.17) is 4.42 Å². The topological polar surface area (TPSA) is 84.2 Å². The molecule has 0 atom stereocenters. The van der Waals surface area contributed by atoms with E-state index in [0.717, 1.165) is 29.7 Å². The van der Waals surface area contributed by atoms with Crippen molar-refractivity contribution in [3.8, 4) is 11.3 Å². The van der Waals surface area contributed by atoms with Gasteiger partial charge in [-0.3, -0.25) is 9.59 Å². The lowest BCUT2D eigenvalue weighted by atomic mass is 10.1. The lowest BCUT2D eigenvalue weighted by Gasteiger charge is -2.10. The van der Waals surface area contributed by atoms with Gasteiger partial charge in [-0.2, -0.15) is 0 Å². The van der Waals surface area contributed by atoms with Crippen molar-refractivity contribution in [1.29, 1.82) is 0 Å². The van der Waals surface area contributed by atoms with Gasteiger partial charge in [-0.15, -0.1) is 0 Å². The van der Waals surface area contributed by atoms with Crippen LogP contribution in [0.25, 0.3) is 11.3 Å². The maximum Gasteiger partial charge on any atom is 0.278 e. The maximum absolute atomic E-state index is 12.7. The largest absolute Gasteiger partial charge is 0.443 e. The lowest BCUT2D eigenvalue weighted by molar-refractivity contribution is -0.116. The summed E-state index contributed by atoms with van der Waals surface area (Å²) in [4.78, 5) is 28.4. The summed E-state index contributed by atoms with van der Waals surface area (Å²) in [5, 5.41) is 5.74. The van der Waals surface area contributed by atoms with Crippen molar-refractivity contribution in [1.82, 2.24) is 4.98 Å². The van der Waals surface area contributed by atoms with Crippen LogP contribution in [0.4, 0.5) is 11.4 Å². The second kappa shape index (κ2) is 6.84. The third-order valence-corrected chi connectivity index (χ3v) is 4.31. The Labute approximate surface area is 150 Å². The molecule has 0 unspecified atom stereocenters. The first-order chi connectivity index (χ1) is 12.7. The average molecular weight is 347 g/mol. The molecule has 6 nitrogen and oxygen atoms in total. The lowest BCUT2D eigenvalue weighted by Crippen LogP contribution is -2.14. The highest BCUT2D eigenvalue weighted by Crippen LogP contribution is 2.27. The molecule has 130 valence electrons. The van der Waals surface area contributed by atoms with Gasteiger partial charge >= 0.3 is 0 Å². The second-order valence-corrected chi connectivity index (χ2v) is 6.12. The third kappa shape index (κ3) is 3.21. The molecule has 1 aromatic heterocycles. The first-order valence-corrected chi connectivity index (χ1v) is 8.44. The molecule has 3 aromatic rings. The SMILES string of the molecule is O=C1CCCc2cc(NC(=O)c3ncoc3-c3ccccc3)ccc2N1. The fraction of sp³-hybridized carbons (Fsp3) is 0.150. The van der Waals surface area contributed by atoms with E-state index < -0.39 is 0 Å². The number of oxazole rings is 1. The number of benzene rings is 2. The summed E-state index contributed by atoms with van der Waals surface area (Å²) in [6.07, 6.45) is 3.36. The Hall–Kier alpha value is -3.41. The van der Waals surface area contributed by atoms with Gasteiger partial charge in [0, 0.05) is 23.4 Å². The molecular formula is C20H17N3O3. The highest BCUT2D eigenvalue weighted by atomic mass is 16.3. The molecule has 0 spiro atoms. The summed E-state index contributed by atoms with van der Waals surface area (Å²) in [6.45, 7) is 0. The smallest absolute Gasteiger partial charge is 0.278 e. The van der Waals surface area contributed by atoms with Crippen molar-refractivity contribution in [2.45, 2.75) is 19.3 Å². The van der Waals surface area contributed by atoms with Crippen LogP contribution in [-0.4, -0.2) is 16.8 Å². The van der Waals surface area contributed by atoms with Crippen molar-refractivity contribution >= 4 is 23.2 Å². The fourth-order valence-electron chi connectivity index (χ4n) is 3.04. The zero-order chi connectivity index (χ0) is 17.9. The van der Waals surface area contributed by atoms with E-state index in [1.165, 1.54) is 6.39 Å². The van der Waals surface area contributed by atoms with Crippen LogP contribution in [0, 0.1) is 0 Å². The molecule has 2 aromatic carbocycles. The monoisotopic (exact) mass is 347 g/mol. The van der Waals surface area contributed by atoms with Gasteiger partial charge in [-0.05, 0) is 36.6 Å². The van der Waals surface area contributed by atoms with E-state index in [2.05, 4.69) is 15.6 Å². The quantitative estimate of drug-likeness (QED) is 0.753.